The topological polar surface area (TPSA) is 108 Å². The van der Waals surface area contributed by atoms with Gasteiger partial charge in [-0.2, -0.15) is 5.10 Å². The van der Waals surface area contributed by atoms with E-state index in [1.165, 1.54) is 23.1 Å². The van der Waals surface area contributed by atoms with Gasteiger partial charge in [0.25, 0.3) is 5.91 Å². The van der Waals surface area contributed by atoms with E-state index in [1.807, 2.05) is 0 Å². The summed E-state index contributed by atoms with van der Waals surface area (Å²) in [6, 6.07) is 3.48. The predicted octanol–water partition coefficient (Wildman–Crippen LogP) is 2.59. The quantitative estimate of drug-likeness (QED) is 0.429. The lowest BCUT2D eigenvalue weighted by molar-refractivity contribution is -0.141. The normalized spacial score (nSPS) is 28.9. The molecule has 1 aliphatic heterocycles. The van der Waals surface area contributed by atoms with E-state index in [1.54, 1.807) is 0 Å². The van der Waals surface area contributed by atoms with Crippen LogP contribution in [0.25, 0.3) is 0 Å². The molecule has 0 radical (unpaired) electrons. The number of fused-ring (bicyclic) bond motifs is 2. The molecule has 1 saturated heterocycles. The first-order valence-corrected chi connectivity index (χ1v) is 10.1. The summed E-state index contributed by atoms with van der Waals surface area (Å²) in [5.41, 5.74) is 2.38. The van der Waals surface area contributed by atoms with Crippen LogP contribution in [0, 0.1) is 17.8 Å². The molecule has 1 heterocycles. The first-order valence-electron chi connectivity index (χ1n) is 9.31. The van der Waals surface area contributed by atoms with Crippen LogP contribution in [0.4, 0.5) is 4.79 Å². The van der Waals surface area contributed by atoms with Crippen LogP contribution in [0.2, 0.25) is 10.0 Å². The fraction of sp³-hybridized carbons (Fsp3) is 0.421. The molecule has 5 amide bonds. The van der Waals surface area contributed by atoms with Crippen molar-refractivity contribution in [2.24, 2.45) is 22.9 Å². The third-order valence-electron chi connectivity index (χ3n) is 5.83. The van der Waals surface area contributed by atoms with Crippen LogP contribution in [0.5, 0.6) is 0 Å². The molecule has 3 aliphatic rings. The Hall–Kier alpha value is -2.45. The SMILES string of the molecule is O=C(N/N=C\[C@H]1C(=O)NC(=O)N([C@@H]2C[C@H]3CC[C@H]2C3)C1=O)c1ccc(Cl)cc1Cl. The number of amides is 5. The molecule has 8 nitrogen and oxygen atoms in total. The van der Waals surface area contributed by atoms with Crippen LogP contribution in [0.1, 0.15) is 36.0 Å². The smallest absolute Gasteiger partial charge is 0.277 e. The van der Waals surface area contributed by atoms with E-state index < -0.39 is 29.7 Å². The summed E-state index contributed by atoms with van der Waals surface area (Å²) >= 11 is 11.8. The van der Waals surface area contributed by atoms with Gasteiger partial charge in [-0.25, -0.2) is 10.2 Å². The molecule has 3 fully saturated rings. The Balaban J connectivity index is 1.45. The lowest BCUT2D eigenvalue weighted by Gasteiger charge is -2.36. The third kappa shape index (κ3) is 3.74. The molecule has 2 aliphatic carbocycles. The molecule has 2 N–H and O–H groups in total. The predicted molar refractivity (Wildman–Crippen MR) is 106 cm³/mol. The van der Waals surface area contributed by atoms with Gasteiger partial charge in [0.2, 0.25) is 11.8 Å². The van der Waals surface area contributed by atoms with Gasteiger partial charge in [0.15, 0.2) is 5.92 Å². The van der Waals surface area contributed by atoms with E-state index in [0.29, 0.717) is 10.9 Å². The summed E-state index contributed by atoms with van der Waals surface area (Å²) in [6.45, 7) is 0. The maximum atomic E-state index is 12.9. The van der Waals surface area contributed by atoms with Crippen LogP contribution < -0.4 is 10.7 Å². The van der Waals surface area contributed by atoms with Crippen molar-refractivity contribution in [2.45, 2.75) is 31.7 Å². The number of nitrogens with one attached hydrogen (secondary N) is 2. The lowest BCUT2D eigenvalue weighted by atomic mass is 9.92. The Labute approximate surface area is 176 Å². The minimum Gasteiger partial charge on any atom is -0.277 e. The molecule has 152 valence electrons. The summed E-state index contributed by atoms with van der Waals surface area (Å²) in [7, 11) is 0. The van der Waals surface area contributed by atoms with E-state index in [2.05, 4.69) is 15.8 Å². The Morgan fingerprint density at radius 3 is 2.66 bits per heavy atom. The number of carbonyl (C=O) groups is 4. The second-order valence-electron chi connectivity index (χ2n) is 7.57. The molecule has 1 aromatic rings. The number of urea groups is 1. The van der Waals surface area contributed by atoms with Crippen molar-refractivity contribution in [1.29, 1.82) is 0 Å². The molecular weight excluding hydrogens is 419 g/mol. The number of hydrogen-bond donors (Lipinski definition) is 2. The molecule has 10 heteroatoms. The highest BCUT2D eigenvalue weighted by Gasteiger charge is 2.50. The van der Waals surface area contributed by atoms with Crippen LogP contribution in [0.3, 0.4) is 0 Å². The van der Waals surface area contributed by atoms with Crippen molar-refractivity contribution in [1.82, 2.24) is 15.6 Å². The molecule has 0 spiro atoms. The maximum Gasteiger partial charge on any atom is 0.331 e. The summed E-state index contributed by atoms with van der Waals surface area (Å²) in [5, 5.41) is 6.48. The van der Waals surface area contributed by atoms with Gasteiger partial charge in [-0.05, 0) is 49.3 Å². The standard InChI is InChI=1S/C19H18Cl2N4O4/c20-11-3-4-12(14(21)7-11)17(27)24-22-8-13-16(26)23-19(29)25(18(13)28)15-6-9-1-2-10(15)5-9/h3-4,7-10,13,15H,1-2,5-6H2,(H,24,27)(H,23,26,29)/b22-8-/t9-,10-,13-,15+/m0/s1. The Bertz CT molecular complexity index is 935. The number of imide groups is 2. The maximum absolute atomic E-state index is 12.9. The zero-order valence-corrected chi connectivity index (χ0v) is 16.7. The van der Waals surface area contributed by atoms with Gasteiger partial charge in [-0.3, -0.25) is 24.6 Å². The van der Waals surface area contributed by atoms with Gasteiger partial charge in [0.1, 0.15) is 0 Å². The van der Waals surface area contributed by atoms with Crippen molar-refractivity contribution < 1.29 is 19.2 Å². The summed E-state index contributed by atoms with van der Waals surface area (Å²) in [4.78, 5) is 50.7. The number of nitrogens with zero attached hydrogens (tertiary/aromatic N) is 2. The van der Waals surface area contributed by atoms with Crippen LogP contribution in [-0.4, -0.2) is 40.9 Å². The van der Waals surface area contributed by atoms with Gasteiger partial charge >= 0.3 is 6.03 Å². The number of halogens is 2. The van der Waals surface area contributed by atoms with Crippen molar-refractivity contribution in [3.8, 4) is 0 Å². The van der Waals surface area contributed by atoms with Gasteiger partial charge in [0, 0.05) is 17.3 Å². The molecule has 0 aromatic heterocycles. The van der Waals surface area contributed by atoms with Gasteiger partial charge in [0.05, 0.1) is 10.6 Å². The van der Waals surface area contributed by atoms with E-state index >= 15 is 0 Å². The Morgan fingerprint density at radius 1 is 1.21 bits per heavy atom. The van der Waals surface area contributed by atoms with Gasteiger partial charge in [-0.1, -0.05) is 29.6 Å². The van der Waals surface area contributed by atoms with Crippen LogP contribution >= 0.6 is 23.2 Å². The average Bonchev–Trinajstić information content (AvgIpc) is 3.27. The largest absolute Gasteiger partial charge is 0.331 e. The van der Waals surface area contributed by atoms with E-state index in [-0.39, 0.29) is 22.5 Å². The molecule has 2 bridgehead atoms. The lowest BCUT2D eigenvalue weighted by Crippen LogP contribution is -2.62. The zero-order valence-electron chi connectivity index (χ0n) is 15.2. The fourth-order valence-corrected chi connectivity index (χ4v) is 4.98. The highest BCUT2D eigenvalue weighted by molar-refractivity contribution is 6.36. The third-order valence-corrected chi connectivity index (χ3v) is 6.38. The molecule has 29 heavy (non-hydrogen) atoms. The number of carbonyl (C=O) groups excluding carboxylic acids is 4. The second-order valence-corrected chi connectivity index (χ2v) is 8.41. The molecule has 0 unspecified atom stereocenters. The minimum atomic E-state index is -1.28. The summed E-state index contributed by atoms with van der Waals surface area (Å²) < 4.78 is 0. The molecular formula is C19H18Cl2N4O4. The monoisotopic (exact) mass is 436 g/mol. The number of barbiturate groups is 1. The number of benzene rings is 1. The fourth-order valence-electron chi connectivity index (χ4n) is 4.48. The summed E-state index contributed by atoms with van der Waals surface area (Å²) in [5.74, 6) is -2.47. The highest BCUT2D eigenvalue weighted by Crippen LogP contribution is 2.47. The average molecular weight is 437 g/mol. The molecule has 4 atom stereocenters. The van der Waals surface area contributed by atoms with Crippen LogP contribution in [0.15, 0.2) is 23.3 Å². The highest BCUT2D eigenvalue weighted by atomic mass is 35.5. The number of hydrogen-bond acceptors (Lipinski definition) is 5. The number of rotatable bonds is 4. The molecule has 4 rings (SSSR count). The zero-order chi connectivity index (χ0) is 20.7. The second kappa shape index (κ2) is 7.76. The van der Waals surface area contributed by atoms with Crippen molar-refractivity contribution in [3.63, 3.8) is 0 Å². The van der Waals surface area contributed by atoms with E-state index in [9.17, 15) is 19.2 Å². The molecule has 1 aromatic carbocycles. The first kappa shape index (κ1) is 19.8. The van der Waals surface area contributed by atoms with Gasteiger partial charge in [-0.15, -0.1) is 0 Å². The number of hydrazone groups is 1. The summed E-state index contributed by atoms with van der Waals surface area (Å²) in [6.07, 6.45) is 4.91. The van der Waals surface area contributed by atoms with Crippen LogP contribution in [-0.2, 0) is 9.59 Å². The van der Waals surface area contributed by atoms with Crippen molar-refractivity contribution >= 4 is 53.2 Å². The van der Waals surface area contributed by atoms with Crippen molar-refractivity contribution in [2.75, 3.05) is 0 Å². The Morgan fingerprint density at radius 2 is 2.00 bits per heavy atom. The van der Waals surface area contributed by atoms with Gasteiger partial charge < -0.3 is 0 Å². The first-order chi connectivity index (χ1) is 13.8. The molecule has 2 saturated carbocycles. The minimum absolute atomic E-state index is 0.143. The van der Waals surface area contributed by atoms with Crippen molar-refractivity contribution in [3.05, 3.63) is 33.8 Å². The van der Waals surface area contributed by atoms with E-state index in [4.69, 9.17) is 23.2 Å². The Kier molecular flexibility index (Phi) is 5.31. The van der Waals surface area contributed by atoms with E-state index in [0.717, 1.165) is 31.9 Å².